The Balaban J connectivity index is 1.94. The molecule has 1 aromatic carbocycles. The van der Waals surface area contributed by atoms with Crippen LogP contribution in [0.2, 0.25) is 0 Å². The van der Waals surface area contributed by atoms with Gasteiger partial charge in [0.05, 0.1) is 18.8 Å². The summed E-state index contributed by atoms with van der Waals surface area (Å²) in [6.45, 7) is 3.26. The molecule has 3 unspecified atom stereocenters. The van der Waals surface area contributed by atoms with E-state index in [0.29, 0.717) is 6.61 Å². The first kappa shape index (κ1) is 14.4. The number of rotatable bonds is 5. The van der Waals surface area contributed by atoms with Crippen LogP contribution in [0.1, 0.15) is 37.9 Å². The number of halogens is 1. The van der Waals surface area contributed by atoms with E-state index in [1.165, 1.54) is 18.6 Å². The van der Waals surface area contributed by atoms with Gasteiger partial charge in [-0.25, -0.2) is 4.39 Å². The molecule has 0 aromatic heterocycles. The maximum absolute atomic E-state index is 12.9. The molecule has 2 N–H and O–H groups in total. The molecule has 1 aromatic rings. The zero-order chi connectivity index (χ0) is 13.7. The molecule has 106 valence electrons. The molecule has 0 radical (unpaired) electrons. The zero-order valence-electron chi connectivity index (χ0n) is 11.3. The first-order valence-corrected chi connectivity index (χ1v) is 6.91. The van der Waals surface area contributed by atoms with E-state index >= 15 is 0 Å². The Bertz CT molecular complexity index is 374. The summed E-state index contributed by atoms with van der Waals surface area (Å²) in [6, 6.07) is 6.18. The summed E-state index contributed by atoms with van der Waals surface area (Å²) in [5.41, 5.74) is 6.87. The predicted molar refractivity (Wildman–Crippen MR) is 72.3 cm³/mol. The highest BCUT2D eigenvalue weighted by Gasteiger charge is 2.21. The van der Waals surface area contributed by atoms with Crippen LogP contribution in [0.3, 0.4) is 0 Å². The molecule has 2 rings (SSSR count). The molecule has 1 aliphatic rings. The van der Waals surface area contributed by atoms with Crippen LogP contribution in [0.5, 0.6) is 0 Å². The fourth-order valence-electron chi connectivity index (χ4n) is 2.35. The van der Waals surface area contributed by atoms with Crippen LogP contribution < -0.4 is 5.73 Å². The number of nitrogens with two attached hydrogens (primary N) is 1. The summed E-state index contributed by atoms with van der Waals surface area (Å²) in [4.78, 5) is 0. The molecule has 0 bridgehead atoms. The van der Waals surface area contributed by atoms with Crippen molar-refractivity contribution in [1.82, 2.24) is 0 Å². The third-order valence-electron chi connectivity index (χ3n) is 3.41. The summed E-state index contributed by atoms with van der Waals surface area (Å²) in [6.07, 6.45) is 3.30. The largest absolute Gasteiger partial charge is 0.376 e. The van der Waals surface area contributed by atoms with E-state index in [9.17, 15) is 4.39 Å². The minimum Gasteiger partial charge on any atom is -0.376 e. The lowest BCUT2D eigenvalue weighted by molar-refractivity contribution is -0.0680. The molecule has 0 aliphatic carbocycles. The lowest BCUT2D eigenvalue weighted by Crippen LogP contribution is -2.31. The molecule has 0 spiro atoms. The molecule has 1 heterocycles. The first-order valence-electron chi connectivity index (χ1n) is 6.91. The van der Waals surface area contributed by atoms with Crippen molar-refractivity contribution in [3.8, 4) is 0 Å². The van der Waals surface area contributed by atoms with Gasteiger partial charge in [-0.05, 0) is 43.9 Å². The van der Waals surface area contributed by atoms with Crippen LogP contribution in [0.4, 0.5) is 4.39 Å². The van der Waals surface area contributed by atoms with E-state index in [4.69, 9.17) is 15.2 Å². The highest BCUT2D eigenvalue weighted by molar-refractivity contribution is 5.19. The van der Waals surface area contributed by atoms with E-state index in [-0.39, 0.29) is 24.1 Å². The monoisotopic (exact) mass is 267 g/mol. The molecule has 1 saturated heterocycles. The van der Waals surface area contributed by atoms with Crippen molar-refractivity contribution in [3.05, 3.63) is 35.6 Å². The Morgan fingerprint density at radius 2 is 2.11 bits per heavy atom. The third-order valence-corrected chi connectivity index (χ3v) is 3.41. The van der Waals surface area contributed by atoms with Gasteiger partial charge in [0.15, 0.2) is 0 Å². The minimum atomic E-state index is -0.247. The smallest absolute Gasteiger partial charge is 0.123 e. The first-order chi connectivity index (χ1) is 9.16. The van der Waals surface area contributed by atoms with Crippen LogP contribution in [0.15, 0.2) is 24.3 Å². The van der Waals surface area contributed by atoms with Crippen LogP contribution in [0.25, 0.3) is 0 Å². The highest BCUT2D eigenvalue weighted by Crippen LogP contribution is 2.22. The molecule has 1 aliphatic heterocycles. The number of hydrogen-bond acceptors (Lipinski definition) is 3. The Labute approximate surface area is 113 Å². The molecule has 4 heteroatoms. The summed E-state index contributed by atoms with van der Waals surface area (Å²) >= 11 is 0. The topological polar surface area (TPSA) is 44.5 Å². The van der Waals surface area contributed by atoms with Gasteiger partial charge in [0, 0.05) is 12.6 Å². The van der Waals surface area contributed by atoms with E-state index < -0.39 is 0 Å². The molecule has 19 heavy (non-hydrogen) atoms. The van der Waals surface area contributed by atoms with Crippen molar-refractivity contribution in [3.63, 3.8) is 0 Å². The Morgan fingerprint density at radius 1 is 1.37 bits per heavy atom. The molecular formula is C15H22FNO2. The average molecular weight is 267 g/mol. The van der Waals surface area contributed by atoms with Gasteiger partial charge in [0.2, 0.25) is 0 Å². The van der Waals surface area contributed by atoms with Gasteiger partial charge >= 0.3 is 0 Å². The van der Waals surface area contributed by atoms with Crippen molar-refractivity contribution in [1.29, 1.82) is 0 Å². The van der Waals surface area contributed by atoms with Crippen LogP contribution in [-0.4, -0.2) is 25.4 Å². The second-order valence-corrected chi connectivity index (χ2v) is 5.15. The van der Waals surface area contributed by atoms with Crippen molar-refractivity contribution in [2.24, 2.45) is 5.73 Å². The van der Waals surface area contributed by atoms with E-state index in [0.717, 1.165) is 25.0 Å². The number of ether oxygens (including phenoxy) is 2. The normalized spacial score (nSPS) is 23.0. The third kappa shape index (κ3) is 4.27. The summed E-state index contributed by atoms with van der Waals surface area (Å²) in [5.74, 6) is -0.247. The van der Waals surface area contributed by atoms with Crippen molar-refractivity contribution >= 4 is 0 Å². The van der Waals surface area contributed by atoms with Gasteiger partial charge in [-0.2, -0.15) is 0 Å². The van der Waals surface area contributed by atoms with Gasteiger partial charge in [-0.1, -0.05) is 12.1 Å². The van der Waals surface area contributed by atoms with Gasteiger partial charge in [0.25, 0.3) is 0 Å². The second kappa shape index (κ2) is 6.98. The lowest BCUT2D eigenvalue weighted by atomic mass is 10.0. The molecule has 0 saturated carbocycles. The Kier molecular flexibility index (Phi) is 5.31. The predicted octanol–water partition coefficient (Wildman–Crippen LogP) is 2.80. The van der Waals surface area contributed by atoms with E-state index in [2.05, 4.69) is 0 Å². The Hall–Kier alpha value is -0.970. The maximum atomic E-state index is 12.9. The van der Waals surface area contributed by atoms with Crippen molar-refractivity contribution in [2.75, 3.05) is 13.2 Å². The fourth-order valence-corrected chi connectivity index (χ4v) is 2.35. The van der Waals surface area contributed by atoms with E-state index in [1.807, 2.05) is 6.92 Å². The van der Waals surface area contributed by atoms with Crippen LogP contribution in [0, 0.1) is 5.82 Å². The van der Waals surface area contributed by atoms with Gasteiger partial charge in [-0.3, -0.25) is 0 Å². The lowest BCUT2D eigenvalue weighted by Gasteiger charge is -2.27. The van der Waals surface area contributed by atoms with Crippen molar-refractivity contribution < 1.29 is 13.9 Å². The summed E-state index contributed by atoms with van der Waals surface area (Å²) in [5, 5.41) is 0. The standard InChI is InChI=1S/C15H22FNO2/c1-11(17)15(12-5-7-13(16)8-6-12)19-10-14-4-2-3-9-18-14/h5-8,11,14-15H,2-4,9-10,17H2,1H3. The van der Waals surface area contributed by atoms with Crippen LogP contribution in [-0.2, 0) is 9.47 Å². The maximum Gasteiger partial charge on any atom is 0.123 e. The number of hydrogen-bond donors (Lipinski definition) is 1. The van der Waals surface area contributed by atoms with Gasteiger partial charge in [-0.15, -0.1) is 0 Å². The second-order valence-electron chi connectivity index (χ2n) is 5.15. The van der Waals surface area contributed by atoms with E-state index in [1.54, 1.807) is 12.1 Å². The van der Waals surface area contributed by atoms with Gasteiger partial charge < -0.3 is 15.2 Å². The quantitative estimate of drug-likeness (QED) is 0.892. The Morgan fingerprint density at radius 3 is 2.68 bits per heavy atom. The average Bonchev–Trinajstić information content (AvgIpc) is 2.42. The zero-order valence-corrected chi connectivity index (χ0v) is 11.3. The highest BCUT2D eigenvalue weighted by atomic mass is 19.1. The fraction of sp³-hybridized carbons (Fsp3) is 0.600. The molecule has 3 nitrogen and oxygen atoms in total. The molecule has 3 atom stereocenters. The number of benzene rings is 1. The minimum absolute atomic E-state index is 0.144. The molecule has 0 amide bonds. The SMILES string of the molecule is CC(N)C(OCC1CCCCO1)c1ccc(F)cc1. The van der Waals surface area contributed by atoms with Crippen molar-refractivity contribution in [2.45, 2.75) is 44.4 Å². The molecule has 1 fully saturated rings. The summed E-state index contributed by atoms with van der Waals surface area (Å²) < 4.78 is 24.5. The molecular weight excluding hydrogens is 245 g/mol. The van der Waals surface area contributed by atoms with Gasteiger partial charge in [0.1, 0.15) is 5.82 Å². The summed E-state index contributed by atoms with van der Waals surface area (Å²) in [7, 11) is 0. The van der Waals surface area contributed by atoms with Crippen LogP contribution >= 0.6 is 0 Å².